The Bertz CT molecular complexity index is 274. The molecule has 1 aromatic rings. The third-order valence-electron chi connectivity index (χ3n) is 1.90. The largest absolute Gasteiger partial charge is 0.481 e. The molecule has 1 N–H and O–H groups in total. The maximum atomic E-state index is 10.3. The summed E-state index contributed by atoms with van der Waals surface area (Å²) in [5.74, 6) is -0.744. The molecule has 0 amide bonds. The van der Waals surface area contributed by atoms with Crippen LogP contribution in [0.25, 0.3) is 0 Å². The van der Waals surface area contributed by atoms with Gasteiger partial charge in [-0.25, -0.2) is 4.98 Å². The van der Waals surface area contributed by atoms with Crippen molar-refractivity contribution in [2.75, 3.05) is 20.1 Å². The Hall–Kier alpha value is -0.940. The summed E-state index contributed by atoms with van der Waals surface area (Å²) in [4.78, 5) is 16.5. The van der Waals surface area contributed by atoms with Crippen LogP contribution in [0.3, 0.4) is 0 Å². The third kappa shape index (κ3) is 4.34. The van der Waals surface area contributed by atoms with Crippen LogP contribution in [-0.4, -0.2) is 41.1 Å². The van der Waals surface area contributed by atoms with Gasteiger partial charge in [0.1, 0.15) is 0 Å². The van der Waals surface area contributed by atoms with E-state index in [-0.39, 0.29) is 6.42 Å². The van der Waals surface area contributed by atoms with E-state index in [4.69, 9.17) is 5.11 Å². The number of likely N-dealkylation sites (N-methyl/N-ethyl adjacent to an activating group) is 1. The second-order valence-electron chi connectivity index (χ2n) is 3.12. The van der Waals surface area contributed by atoms with E-state index >= 15 is 0 Å². The maximum absolute atomic E-state index is 10.3. The molecule has 0 bridgehead atoms. The van der Waals surface area contributed by atoms with Crippen molar-refractivity contribution in [1.82, 2.24) is 9.88 Å². The average molecular weight is 214 g/mol. The van der Waals surface area contributed by atoms with Gasteiger partial charge in [0.05, 0.1) is 11.4 Å². The SMILES string of the molecule is CN(CCC(=O)O)CCc1nccs1. The molecule has 0 fully saturated rings. The third-order valence-corrected chi connectivity index (χ3v) is 2.74. The van der Waals surface area contributed by atoms with Crippen LogP contribution in [0.15, 0.2) is 11.6 Å². The Morgan fingerprint density at radius 3 is 3.00 bits per heavy atom. The predicted octanol–water partition coefficient (Wildman–Crippen LogP) is 1.09. The van der Waals surface area contributed by atoms with E-state index in [9.17, 15) is 4.79 Å². The first-order chi connectivity index (χ1) is 6.68. The topological polar surface area (TPSA) is 53.4 Å². The zero-order valence-corrected chi connectivity index (χ0v) is 8.96. The second-order valence-corrected chi connectivity index (χ2v) is 4.10. The molecule has 1 heterocycles. The van der Waals surface area contributed by atoms with Gasteiger partial charge in [-0.05, 0) is 7.05 Å². The number of hydrogen-bond acceptors (Lipinski definition) is 4. The molecule has 0 unspecified atom stereocenters. The van der Waals surface area contributed by atoms with Crippen molar-refractivity contribution >= 4 is 17.3 Å². The van der Waals surface area contributed by atoms with Crippen LogP contribution < -0.4 is 0 Å². The van der Waals surface area contributed by atoms with E-state index in [2.05, 4.69) is 4.98 Å². The molecule has 0 aromatic carbocycles. The van der Waals surface area contributed by atoms with Crippen molar-refractivity contribution in [2.24, 2.45) is 0 Å². The zero-order chi connectivity index (χ0) is 10.4. The average Bonchev–Trinajstić information content (AvgIpc) is 2.63. The van der Waals surface area contributed by atoms with E-state index in [0.29, 0.717) is 6.54 Å². The summed E-state index contributed by atoms with van der Waals surface area (Å²) >= 11 is 1.64. The van der Waals surface area contributed by atoms with Crippen LogP contribution in [0.5, 0.6) is 0 Å². The number of carboxylic acid groups (broad SMARTS) is 1. The van der Waals surface area contributed by atoms with Gasteiger partial charge in [0, 0.05) is 31.1 Å². The summed E-state index contributed by atoms with van der Waals surface area (Å²) in [6.45, 7) is 1.46. The normalized spacial score (nSPS) is 10.7. The molecule has 0 aliphatic carbocycles. The fourth-order valence-electron chi connectivity index (χ4n) is 1.06. The minimum absolute atomic E-state index is 0.203. The lowest BCUT2D eigenvalue weighted by atomic mass is 10.3. The van der Waals surface area contributed by atoms with Crippen LogP contribution in [-0.2, 0) is 11.2 Å². The molecule has 78 valence electrons. The summed E-state index contributed by atoms with van der Waals surface area (Å²) < 4.78 is 0. The maximum Gasteiger partial charge on any atom is 0.304 e. The monoisotopic (exact) mass is 214 g/mol. The highest BCUT2D eigenvalue weighted by atomic mass is 32.1. The number of nitrogens with zero attached hydrogens (tertiary/aromatic N) is 2. The van der Waals surface area contributed by atoms with Crippen LogP contribution in [0.4, 0.5) is 0 Å². The van der Waals surface area contributed by atoms with Gasteiger partial charge in [0.2, 0.25) is 0 Å². The van der Waals surface area contributed by atoms with Gasteiger partial charge < -0.3 is 10.0 Å². The van der Waals surface area contributed by atoms with Gasteiger partial charge in [-0.1, -0.05) is 0 Å². The lowest BCUT2D eigenvalue weighted by Crippen LogP contribution is -2.24. The number of hydrogen-bond donors (Lipinski definition) is 1. The van der Waals surface area contributed by atoms with Crippen LogP contribution >= 0.6 is 11.3 Å². The first kappa shape index (κ1) is 11.1. The summed E-state index contributed by atoms with van der Waals surface area (Å²) in [7, 11) is 1.93. The lowest BCUT2D eigenvalue weighted by molar-refractivity contribution is -0.137. The van der Waals surface area contributed by atoms with Crippen LogP contribution in [0.2, 0.25) is 0 Å². The fourth-order valence-corrected chi connectivity index (χ4v) is 1.67. The number of thiazole rings is 1. The second kappa shape index (κ2) is 5.72. The molecule has 4 nitrogen and oxygen atoms in total. The van der Waals surface area contributed by atoms with Gasteiger partial charge in [-0.3, -0.25) is 4.79 Å². The standard InChI is InChI=1S/C9H14N2O2S/c1-11(6-3-9(12)13)5-2-8-10-4-7-14-8/h4,7H,2-3,5-6H2,1H3,(H,12,13). The molecular weight excluding hydrogens is 200 g/mol. The molecule has 0 spiro atoms. The predicted molar refractivity (Wildman–Crippen MR) is 55.6 cm³/mol. The quantitative estimate of drug-likeness (QED) is 0.770. The van der Waals surface area contributed by atoms with Gasteiger partial charge >= 0.3 is 5.97 Å². The molecular formula is C9H14N2O2S. The van der Waals surface area contributed by atoms with Crippen molar-refractivity contribution < 1.29 is 9.90 Å². The molecule has 0 radical (unpaired) electrons. The highest BCUT2D eigenvalue weighted by Gasteiger charge is 2.03. The molecule has 1 rings (SSSR count). The number of carbonyl (C=O) groups is 1. The summed E-state index contributed by atoms with van der Waals surface area (Å²) in [6.07, 6.45) is 2.89. The summed E-state index contributed by atoms with van der Waals surface area (Å²) in [5, 5.41) is 11.5. The van der Waals surface area contributed by atoms with Crippen molar-refractivity contribution in [2.45, 2.75) is 12.8 Å². The Kier molecular flexibility index (Phi) is 4.55. The highest BCUT2D eigenvalue weighted by Crippen LogP contribution is 2.05. The molecule has 14 heavy (non-hydrogen) atoms. The Balaban J connectivity index is 2.15. The highest BCUT2D eigenvalue weighted by molar-refractivity contribution is 7.09. The first-order valence-electron chi connectivity index (χ1n) is 4.47. The van der Waals surface area contributed by atoms with Crippen molar-refractivity contribution in [3.8, 4) is 0 Å². The van der Waals surface area contributed by atoms with Crippen molar-refractivity contribution in [3.05, 3.63) is 16.6 Å². The molecule has 5 heteroatoms. The Morgan fingerprint density at radius 1 is 1.64 bits per heavy atom. The minimum atomic E-state index is -0.744. The smallest absolute Gasteiger partial charge is 0.304 e. The molecule has 1 aromatic heterocycles. The number of aliphatic carboxylic acids is 1. The Morgan fingerprint density at radius 2 is 2.43 bits per heavy atom. The summed E-state index contributed by atoms with van der Waals surface area (Å²) in [5.41, 5.74) is 0. The molecule has 0 atom stereocenters. The van der Waals surface area contributed by atoms with E-state index in [1.165, 1.54) is 0 Å². The summed E-state index contributed by atoms with van der Waals surface area (Å²) in [6, 6.07) is 0. The van der Waals surface area contributed by atoms with E-state index in [1.54, 1.807) is 17.5 Å². The van der Waals surface area contributed by atoms with Gasteiger partial charge in [0.15, 0.2) is 0 Å². The lowest BCUT2D eigenvalue weighted by Gasteiger charge is -2.13. The van der Waals surface area contributed by atoms with E-state index < -0.39 is 5.97 Å². The van der Waals surface area contributed by atoms with E-state index in [1.807, 2.05) is 17.3 Å². The number of aromatic nitrogens is 1. The Labute approximate surface area is 87.2 Å². The van der Waals surface area contributed by atoms with E-state index in [0.717, 1.165) is 18.0 Å². The first-order valence-corrected chi connectivity index (χ1v) is 5.35. The van der Waals surface area contributed by atoms with Crippen LogP contribution in [0.1, 0.15) is 11.4 Å². The van der Waals surface area contributed by atoms with Gasteiger partial charge in [-0.15, -0.1) is 11.3 Å². The van der Waals surface area contributed by atoms with Gasteiger partial charge in [-0.2, -0.15) is 0 Å². The van der Waals surface area contributed by atoms with Crippen molar-refractivity contribution in [1.29, 1.82) is 0 Å². The number of carboxylic acids is 1. The molecule has 0 saturated heterocycles. The van der Waals surface area contributed by atoms with Gasteiger partial charge in [0.25, 0.3) is 0 Å². The fraction of sp³-hybridized carbons (Fsp3) is 0.556. The minimum Gasteiger partial charge on any atom is -0.481 e. The molecule has 0 aliphatic heterocycles. The molecule has 0 aliphatic rings. The van der Waals surface area contributed by atoms with Crippen molar-refractivity contribution in [3.63, 3.8) is 0 Å². The molecule has 0 saturated carbocycles. The van der Waals surface area contributed by atoms with Crippen LogP contribution in [0, 0.1) is 0 Å². The zero-order valence-electron chi connectivity index (χ0n) is 8.14. The number of rotatable bonds is 6.